The third-order valence-corrected chi connectivity index (χ3v) is 7.06. The van der Waals surface area contributed by atoms with Crippen LogP contribution < -0.4 is 0 Å². The fourth-order valence-electron chi connectivity index (χ4n) is 4.06. The minimum Gasteiger partial charge on any atom is -0.480 e. The molecule has 1 aliphatic heterocycles. The van der Waals surface area contributed by atoms with Crippen LogP contribution in [0.3, 0.4) is 0 Å². The van der Waals surface area contributed by atoms with Gasteiger partial charge < -0.3 is 5.11 Å². The van der Waals surface area contributed by atoms with Crippen molar-refractivity contribution in [1.82, 2.24) is 4.90 Å². The first-order valence-corrected chi connectivity index (χ1v) is 12.3. The summed E-state index contributed by atoms with van der Waals surface area (Å²) in [6.45, 7) is 3.88. The smallest absolute Gasteiger partial charge is 0.326 e. The highest BCUT2D eigenvalue weighted by Gasteiger charge is 2.42. The van der Waals surface area contributed by atoms with Crippen LogP contribution in [0, 0.1) is 5.92 Å². The van der Waals surface area contributed by atoms with Crippen LogP contribution in [0.25, 0.3) is 16.7 Å². The summed E-state index contributed by atoms with van der Waals surface area (Å²) in [4.78, 5) is 27.4. The number of amides is 1. The molecule has 0 spiro atoms. The summed E-state index contributed by atoms with van der Waals surface area (Å²) >= 11 is 6.69. The molecule has 1 atom stereocenters. The maximum absolute atomic E-state index is 13.6. The molecule has 1 N–H and O–H groups in total. The number of nitrogens with zero attached hydrogens (tertiary/aromatic N) is 1. The van der Waals surface area contributed by atoms with Crippen LogP contribution in [-0.2, 0) is 9.59 Å². The summed E-state index contributed by atoms with van der Waals surface area (Å²) in [5, 5.41) is 9.84. The maximum Gasteiger partial charge on any atom is 0.326 e. The molecule has 0 saturated carbocycles. The Bertz CT molecular complexity index is 1240. The Morgan fingerprint density at radius 3 is 1.97 bits per heavy atom. The molecule has 1 saturated heterocycles. The number of benzene rings is 3. The van der Waals surface area contributed by atoms with Crippen LogP contribution in [0.1, 0.15) is 31.4 Å². The van der Waals surface area contributed by atoms with Crippen LogP contribution in [0.15, 0.2) is 89.8 Å². The fraction of sp³-hybridized carbons (Fsp3) is 0.179. The van der Waals surface area contributed by atoms with Crippen molar-refractivity contribution in [2.75, 3.05) is 0 Å². The molecule has 1 heterocycles. The van der Waals surface area contributed by atoms with Crippen molar-refractivity contribution >= 4 is 45.7 Å². The van der Waals surface area contributed by atoms with Gasteiger partial charge in [-0.05, 0) is 34.6 Å². The van der Waals surface area contributed by atoms with Gasteiger partial charge >= 0.3 is 5.97 Å². The molecule has 6 heteroatoms. The monoisotopic (exact) mass is 487 g/mol. The Labute approximate surface area is 209 Å². The molecular formula is C28H25NO3S2. The maximum atomic E-state index is 13.6. The second-order valence-electron chi connectivity index (χ2n) is 8.54. The average molecular weight is 488 g/mol. The third-order valence-electron chi connectivity index (χ3n) is 5.66. The van der Waals surface area contributed by atoms with Gasteiger partial charge in [0.15, 0.2) is 0 Å². The summed E-state index contributed by atoms with van der Waals surface area (Å²) in [6.07, 6.45) is 0.335. The molecule has 172 valence electrons. The van der Waals surface area contributed by atoms with Crippen molar-refractivity contribution in [1.29, 1.82) is 0 Å². The van der Waals surface area contributed by atoms with Crippen molar-refractivity contribution in [3.8, 4) is 11.1 Å². The van der Waals surface area contributed by atoms with E-state index in [0.29, 0.717) is 11.3 Å². The first kappa shape index (κ1) is 23.9. The number of thiocarbonyl (C=S) groups is 1. The Morgan fingerprint density at radius 2 is 1.41 bits per heavy atom. The molecule has 4 rings (SSSR count). The largest absolute Gasteiger partial charge is 0.480 e. The Hall–Kier alpha value is -3.22. The van der Waals surface area contributed by atoms with Crippen LogP contribution in [0.5, 0.6) is 0 Å². The van der Waals surface area contributed by atoms with Gasteiger partial charge in [0.25, 0.3) is 5.91 Å². The number of carboxylic acid groups (broad SMARTS) is 1. The molecular weight excluding hydrogens is 462 g/mol. The highest BCUT2D eigenvalue weighted by molar-refractivity contribution is 8.26. The number of carbonyl (C=O) groups is 2. The van der Waals surface area contributed by atoms with Gasteiger partial charge in [-0.2, -0.15) is 0 Å². The van der Waals surface area contributed by atoms with Gasteiger partial charge in [-0.3, -0.25) is 9.69 Å². The van der Waals surface area contributed by atoms with Crippen molar-refractivity contribution in [3.63, 3.8) is 0 Å². The van der Waals surface area contributed by atoms with E-state index in [0.717, 1.165) is 27.8 Å². The Balaban J connectivity index is 1.80. The molecule has 0 aliphatic carbocycles. The predicted octanol–water partition coefficient (Wildman–Crippen LogP) is 6.47. The summed E-state index contributed by atoms with van der Waals surface area (Å²) < 4.78 is 0.280. The zero-order valence-electron chi connectivity index (χ0n) is 19.0. The lowest BCUT2D eigenvalue weighted by molar-refractivity contribution is -0.145. The minimum absolute atomic E-state index is 0.105. The van der Waals surface area contributed by atoms with E-state index in [4.69, 9.17) is 12.2 Å². The quantitative estimate of drug-likeness (QED) is 0.306. The minimum atomic E-state index is -1.04. The molecule has 3 aromatic carbocycles. The summed E-state index contributed by atoms with van der Waals surface area (Å²) in [5.74, 6) is -1.29. The Morgan fingerprint density at radius 1 is 0.882 bits per heavy atom. The lowest BCUT2D eigenvalue weighted by Crippen LogP contribution is -2.44. The van der Waals surface area contributed by atoms with Gasteiger partial charge in [0, 0.05) is 5.57 Å². The number of hydrogen-bond donors (Lipinski definition) is 1. The number of hydrogen-bond acceptors (Lipinski definition) is 4. The molecule has 0 aromatic heterocycles. The van der Waals surface area contributed by atoms with Crippen LogP contribution in [0.2, 0.25) is 0 Å². The van der Waals surface area contributed by atoms with Gasteiger partial charge in [-0.15, -0.1) is 0 Å². The van der Waals surface area contributed by atoms with Crippen molar-refractivity contribution in [2.24, 2.45) is 5.92 Å². The molecule has 0 radical (unpaired) electrons. The van der Waals surface area contributed by atoms with E-state index in [9.17, 15) is 14.7 Å². The van der Waals surface area contributed by atoms with E-state index in [1.807, 2.05) is 86.6 Å². The van der Waals surface area contributed by atoms with Gasteiger partial charge in [0.1, 0.15) is 10.4 Å². The highest BCUT2D eigenvalue weighted by Crippen LogP contribution is 2.41. The van der Waals surface area contributed by atoms with E-state index >= 15 is 0 Å². The first-order chi connectivity index (χ1) is 16.4. The molecule has 0 bridgehead atoms. The lowest BCUT2D eigenvalue weighted by atomic mass is 9.94. The predicted molar refractivity (Wildman–Crippen MR) is 142 cm³/mol. The average Bonchev–Trinajstić information content (AvgIpc) is 3.12. The SMILES string of the molecule is CC(C)C[C@@H](C(=O)O)N1C(=O)/C(=C(\c2ccccc2)c2ccc(-c3ccccc3)cc2)SC1=S. The van der Waals surface area contributed by atoms with Crippen LogP contribution >= 0.6 is 24.0 Å². The number of aliphatic carboxylic acids is 1. The van der Waals surface area contributed by atoms with Crippen molar-refractivity contribution in [3.05, 3.63) is 101 Å². The topological polar surface area (TPSA) is 57.6 Å². The van der Waals surface area contributed by atoms with Crippen LogP contribution in [0.4, 0.5) is 0 Å². The molecule has 1 amide bonds. The molecule has 3 aromatic rings. The highest BCUT2D eigenvalue weighted by atomic mass is 32.2. The van der Waals surface area contributed by atoms with E-state index in [-0.39, 0.29) is 16.1 Å². The fourth-order valence-corrected chi connectivity index (χ4v) is 5.52. The molecule has 1 fully saturated rings. The van der Waals surface area contributed by atoms with Gasteiger partial charge in [0.05, 0.1) is 4.91 Å². The summed E-state index contributed by atoms with van der Waals surface area (Å²) in [5.41, 5.74) is 4.70. The molecule has 0 unspecified atom stereocenters. The van der Waals surface area contributed by atoms with E-state index < -0.39 is 12.0 Å². The van der Waals surface area contributed by atoms with Gasteiger partial charge in [-0.1, -0.05) is 123 Å². The second-order valence-corrected chi connectivity index (χ2v) is 10.2. The van der Waals surface area contributed by atoms with E-state index in [1.165, 1.54) is 16.7 Å². The normalized spacial score (nSPS) is 16.1. The number of thioether (sulfide) groups is 1. The first-order valence-electron chi connectivity index (χ1n) is 11.1. The number of carboxylic acids is 1. The van der Waals surface area contributed by atoms with Crippen molar-refractivity contribution in [2.45, 2.75) is 26.3 Å². The zero-order chi connectivity index (χ0) is 24.2. The van der Waals surface area contributed by atoms with Gasteiger partial charge in [0.2, 0.25) is 0 Å². The third kappa shape index (κ3) is 4.98. The number of carbonyl (C=O) groups excluding carboxylic acids is 1. The molecule has 4 nitrogen and oxygen atoms in total. The van der Waals surface area contributed by atoms with Crippen LogP contribution in [-0.4, -0.2) is 32.2 Å². The van der Waals surface area contributed by atoms with E-state index in [1.54, 1.807) is 0 Å². The summed E-state index contributed by atoms with van der Waals surface area (Å²) in [6, 6.07) is 26.9. The molecule has 34 heavy (non-hydrogen) atoms. The number of rotatable bonds is 7. The van der Waals surface area contributed by atoms with Gasteiger partial charge in [-0.25, -0.2) is 4.79 Å². The summed E-state index contributed by atoms with van der Waals surface area (Å²) in [7, 11) is 0. The zero-order valence-corrected chi connectivity index (χ0v) is 20.6. The molecule has 1 aliphatic rings. The van der Waals surface area contributed by atoms with Crippen molar-refractivity contribution < 1.29 is 14.7 Å². The lowest BCUT2D eigenvalue weighted by Gasteiger charge is -2.24. The second kappa shape index (κ2) is 10.4. The Kier molecular flexibility index (Phi) is 7.29. The standard InChI is InChI=1S/C28H25NO3S2/c1-18(2)17-23(27(31)32)29-26(30)25(34-28(29)33)24(21-11-7-4-8-12-21)22-15-13-20(14-16-22)19-9-5-3-6-10-19/h3-16,18,23H,17H2,1-2H3,(H,31,32)/b25-24-/t23-/m0/s1. The van der Waals surface area contributed by atoms with E-state index in [2.05, 4.69) is 12.1 Å².